The Morgan fingerprint density at radius 3 is 2.42 bits per heavy atom. The van der Waals surface area contributed by atoms with E-state index in [0.29, 0.717) is 25.2 Å². The van der Waals surface area contributed by atoms with E-state index in [1.54, 1.807) is 0 Å². The molecular formula is C26H29ClN4O2. The number of amides is 1. The highest BCUT2D eigenvalue weighted by atomic mass is 35.5. The van der Waals surface area contributed by atoms with Crippen molar-refractivity contribution in [1.29, 1.82) is 0 Å². The number of aryl methyl sites for hydroxylation is 1. The quantitative estimate of drug-likeness (QED) is 0.559. The second-order valence-electron chi connectivity index (χ2n) is 8.29. The van der Waals surface area contributed by atoms with Gasteiger partial charge in [-0.05, 0) is 49.2 Å². The molecule has 33 heavy (non-hydrogen) atoms. The minimum Gasteiger partial charge on any atom is -0.395 e. The highest BCUT2D eigenvalue weighted by Gasteiger charge is 2.27. The monoisotopic (exact) mass is 464 g/mol. The van der Waals surface area contributed by atoms with Gasteiger partial charge in [0, 0.05) is 37.7 Å². The summed E-state index contributed by atoms with van der Waals surface area (Å²) in [4.78, 5) is 17.4. The predicted molar refractivity (Wildman–Crippen MR) is 133 cm³/mol. The number of nitrogens with zero attached hydrogens (tertiary/aromatic N) is 4. The van der Waals surface area contributed by atoms with E-state index in [9.17, 15) is 4.79 Å². The average Bonchev–Trinajstić information content (AvgIpc) is 3.13. The standard InChI is InChI=1S/C26H29ClN4O2/c1-19-25(26(33)30-14-12-29(13-15-30)16-17-32)20(2)31(28-19)24-5-3-4-22(18-24)7-6-21-8-10-23(27)11-9-21/h3-11,18,32H,12-17H2,1-2H3/b7-6+. The largest absolute Gasteiger partial charge is 0.395 e. The van der Waals surface area contributed by atoms with Crippen molar-refractivity contribution in [2.75, 3.05) is 39.3 Å². The number of piperazine rings is 1. The van der Waals surface area contributed by atoms with Crippen LogP contribution in [0.5, 0.6) is 0 Å². The van der Waals surface area contributed by atoms with Gasteiger partial charge in [-0.25, -0.2) is 4.68 Å². The summed E-state index contributed by atoms with van der Waals surface area (Å²) in [6.07, 6.45) is 4.10. The van der Waals surface area contributed by atoms with Gasteiger partial charge in [-0.15, -0.1) is 0 Å². The summed E-state index contributed by atoms with van der Waals surface area (Å²) in [6.45, 7) is 7.52. The van der Waals surface area contributed by atoms with Gasteiger partial charge in [0.1, 0.15) is 0 Å². The van der Waals surface area contributed by atoms with Crippen molar-refractivity contribution >= 4 is 29.7 Å². The lowest BCUT2D eigenvalue weighted by molar-refractivity contribution is 0.0613. The van der Waals surface area contributed by atoms with Crippen LogP contribution in [0.2, 0.25) is 5.02 Å². The Morgan fingerprint density at radius 1 is 1.03 bits per heavy atom. The summed E-state index contributed by atoms with van der Waals surface area (Å²) in [5.41, 5.74) is 5.28. The number of benzene rings is 2. The van der Waals surface area contributed by atoms with E-state index in [1.165, 1.54) is 0 Å². The van der Waals surface area contributed by atoms with Crippen LogP contribution in [0.3, 0.4) is 0 Å². The number of aliphatic hydroxyl groups is 1. The fourth-order valence-corrected chi connectivity index (χ4v) is 4.33. The molecule has 2 aromatic carbocycles. The van der Waals surface area contributed by atoms with Crippen molar-refractivity contribution in [3.05, 3.63) is 81.6 Å². The number of halogens is 1. The number of aliphatic hydroxyl groups excluding tert-OH is 1. The Labute approximate surface area is 199 Å². The first kappa shape index (κ1) is 23.2. The second kappa shape index (κ2) is 10.3. The molecule has 1 aliphatic heterocycles. The third kappa shape index (κ3) is 5.36. The molecule has 1 amide bonds. The van der Waals surface area contributed by atoms with Crippen molar-refractivity contribution in [2.24, 2.45) is 0 Å². The van der Waals surface area contributed by atoms with Gasteiger partial charge < -0.3 is 10.0 Å². The Hall–Kier alpha value is -2.93. The van der Waals surface area contributed by atoms with Crippen LogP contribution in [0.1, 0.15) is 32.9 Å². The molecule has 2 heterocycles. The normalized spacial score (nSPS) is 14.8. The smallest absolute Gasteiger partial charge is 0.257 e. The SMILES string of the molecule is Cc1nn(-c2cccc(/C=C/c3ccc(Cl)cc3)c2)c(C)c1C(=O)N1CCN(CCO)CC1. The summed E-state index contributed by atoms with van der Waals surface area (Å²) in [7, 11) is 0. The van der Waals surface area contributed by atoms with E-state index in [4.69, 9.17) is 21.8 Å². The first-order valence-electron chi connectivity index (χ1n) is 11.2. The number of β-amino-alcohol motifs (C(OH)–C–C–N with tert-alkyl or cyclic N) is 1. The van der Waals surface area contributed by atoms with Crippen molar-refractivity contribution in [1.82, 2.24) is 19.6 Å². The lowest BCUT2D eigenvalue weighted by atomic mass is 10.1. The van der Waals surface area contributed by atoms with Crippen LogP contribution < -0.4 is 0 Å². The number of carbonyl (C=O) groups excluding carboxylic acids is 1. The van der Waals surface area contributed by atoms with Crippen LogP contribution in [0.25, 0.3) is 17.8 Å². The molecule has 0 spiro atoms. The summed E-state index contributed by atoms with van der Waals surface area (Å²) >= 11 is 5.97. The first-order chi connectivity index (χ1) is 16.0. The zero-order valence-corrected chi connectivity index (χ0v) is 19.8. The fourth-order valence-electron chi connectivity index (χ4n) is 4.20. The van der Waals surface area contributed by atoms with E-state index in [2.05, 4.69) is 17.0 Å². The molecule has 172 valence electrons. The third-order valence-corrected chi connectivity index (χ3v) is 6.29. The lowest BCUT2D eigenvalue weighted by Crippen LogP contribution is -2.49. The van der Waals surface area contributed by atoms with Gasteiger partial charge in [0.05, 0.1) is 29.2 Å². The molecule has 1 aromatic heterocycles. The molecule has 0 aliphatic carbocycles. The van der Waals surface area contributed by atoms with E-state index in [0.717, 1.165) is 46.3 Å². The topological polar surface area (TPSA) is 61.6 Å². The van der Waals surface area contributed by atoms with Gasteiger partial charge in [-0.3, -0.25) is 9.69 Å². The molecule has 0 radical (unpaired) electrons. The molecule has 4 rings (SSSR count). The summed E-state index contributed by atoms with van der Waals surface area (Å²) in [5, 5.41) is 14.5. The molecule has 7 heteroatoms. The predicted octanol–water partition coefficient (Wildman–Crippen LogP) is 4.06. The summed E-state index contributed by atoms with van der Waals surface area (Å²) in [6, 6.07) is 15.8. The Bertz CT molecular complexity index is 1150. The number of rotatable bonds is 6. The van der Waals surface area contributed by atoms with E-state index in [1.807, 2.05) is 72.0 Å². The van der Waals surface area contributed by atoms with Gasteiger partial charge in [0.15, 0.2) is 0 Å². The van der Waals surface area contributed by atoms with Gasteiger partial charge in [0.25, 0.3) is 5.91 Å². The van der Waals surface area contributed by atoms with E-state index in [-0.39, 0.29) is 12.5 Å². The Morgan fingerprint density at radius 2 is 1.73 bits per heavy atom. The number of hydrogen-bond acceptors (Lipinski definition) is 4. The van der Waals surface area contributed by atoms with E-state index >= 15 is 0 Å². The molecule has 3 aromatic rings. The Kier molecular flexibility index (Phi) is 7.28. The fraction of sp³-hybridized carbons (Fsp3) is 0.308. The molecular weight excluding hydrogens is 436 g/mol. The van der Waals surface area contributed by atoms with Crippen LogP contribution in [0.4, 0.5) is 0 Å². The maximum atomic E-state index is 13.3. The highest BCUT2D eigenvalue weighted by Crippen LogP contribution is 2.22. The summed E-state index contributed by atoms with van der Waals surface area (Å²) in [5.74, 6) is 0.0266. The average molecular weight is 465 g/mol. The molecule has 0 unspecified atom stereocenters. The number of hydrogen-bond donors (Lipinski definition) is 1. The second-order valence-corrected chi connectivity index (χ2v) is 8.73. The van der Waals surface area contributed by atoms with Crippen LogP contribution in [0.15, 0.2) is 48.5 Å². The molecule has 0 atom stereocenters. The number of carbonyl (C=O) groups is 1. The highest BCUT2D eigenvalue weighted by molar-refractivity contribution is 6.30. The van der Waals surface area contributed by atoms with Gasteiger partial charge in [-0.2, -0.15) is 5.10 Å². The minimum atomic E-state index is 0.0266. The third-order valence-electron chi connectivity index (χ3n) is 6.03. The minimum absolute atomic E-state index is 0.0266. The van der Waals surface area contributed by atoms with Crippen LogP contribution in [-0.4, -0.2) is 69.9 Å². The van der Waals surface area contributed by atoms with Crippen molar-refractivity contribution in [2.45, 2.75) is 13.8 Å². The summed E-state index contributed by atoms with van der Waals surface area (Å²) < 4.78 is 1.85. The molecule has 0 bridgehead atoms. The zero-order chi connectivity index (χ0) is 23.4. The van der Waals surface area contributed by atoms with Gasteiger partial charge in [-0.1, -0.05) is 48.0 Å². The van der Waals surface area contributed by atoms with Gasteiger partial charge >= 0.3 is 0 Å². The lowest BCUT2D eigenvalue weighted by Gasteiger charge is -2.34. The maximum absolute atomic E-state index is 13.3. The zero-order valence-electron chi connectivity index (χ0n) is 19.0. The van der Waals surface area contributed by atoms with Crippen LogP contribution >= 0.6 is 11.6 Å². The molecule has 0 saturated carbocycles. The first-order valence-corrected chi connectivity index (χ1v) is 11.6. The molecule has 1 aliphatic rings. The Balaban J connectivity index is 1.54. The van der Waals surface area contributed by atoms with Crippen LogP contribution in [-0.2, 0) is 0 Å². The van der Waals surface area contributed by atoms with Crippen molar-refractivity contribution < 1.29 is 9.90 Å². The maximum Gasteiger partial charge on any atom is 0.257 e. The van der Waals surface area contributed by atoms with Crippen LogP contribution in [0, 0.1) is 13.8 Å². The molecule has 1 N–H and O–H groups in total. The van der Waals surface area contributed by atoms with E-state index < -0.39 is 0 Å². The molecule has 1 fully saturated rings. The molecule has 1 saturated heterocycles. The van der Waals surface area contributed by atoms with Crippen molar-refractivity contribution in [3.8, 4) is 5.69 Å². The molecule has 6 nitrogen and oxygen atoms in total. The van der Waals surface area contributed by atoms with Gasteiger partial charge in [0.2, 0.25) is 0 Å². The number of aromatic nitrogens is 2. The van der Waals surface area contributed by atoms with Crippen molar-refractivity contribution in [3.63, 3.8) is 0 Å².